The topological polar surface area (TPSA) is 163 Å². The number of hydrogen-bond acceptors (Lipinski definition) is 12. The van der Waals surface area contributed by atoms with Gasteiger partial charge in [-0.05, 0) is 47.5 Å². The van der Waals surface area contributed by atoms with Crippen molar-refractivity contribution in [2.24, 2.45) is 0 Å². The predicted molar refractivity (Wildman–Crippen MR) is 119 cm³/mol. The summed E-state index contributed by atoms with van der Waals surface area (Å²) in [5.74, 6) is 0. The number of rotatable bonds is 12. The molecular formula is C20H31N2O12P. The molecule has 0 spiro atoms. The Morgan fingerprint density at radius 3 is 2.14 bits per heavy atom. The van der Waals surface area contributed by atoms with Gasteiger partial charge in [-0.2, -0.15) is 0 Å². The second-order valence-electron chi connectivity index (χ2n) is 7.90. The summed E-state index contributed by atoms with van der Waals surface area (Å²) < 4.78 is 42.6. The number of hydrogen-bond donors (Lipinski definition) is 1. The number of H-pyrrole nitrogens is 1. The summed E-state index contributed by atoms with van der Waals surface area (Å²) in [5, 5.41) is 0. The number of nitrogens with one attached hydrogen (secondary N) is 1. The molecule has 0 amide bonds. The van der Waals surface area contributed by atoms with Crippen LogP contribution in [0.2, 0.25) is 0 Å². The first-order valence-electron chi connectivity index (χ1n) is 10.9. The molecule has 0 saturated carbocycles. The fraction of sp³-hybridized carbons (Fsp3) is 0.700. The first kappa shape index (κ1) is 28.7. The molecule has 1 N–H and O–H groups in total. The van der Waals surface area contributed by atoms with E-state index in [1.807, 2.05) is 0 Å². The average molecular weight is 522 g/mol. The van der Waals surface area contributed by atoms with E-state index in [1.165, 1.54) is 10.8 Å². The third-order valence-corrected chi connectivity index (χ3v) is 5.23. The zero-order valence-corrected chi connectivity index (χ0v) is 21.1. The SMILES string of the molecule is Cc1cn(C2CCC(COP(OCOC(=O)OC(C)C)OCOC(=O)OC(C)C)O2)c(=O)[nH]c1=O. The highest BCUT2D eigenvalue weighted by atomic mass is 31.2. The number of aromatic amines is 1. The molecule has 1 aliphatic rings. The summed E-state index contributed by atoms with van der Waals surface area (Å²) in [5.41, 5.74) is -0.648. The number of aromatic nitrogens is 2. The maximum Gasteiger partial charge on any atom is 0.510 e. The minimum Gasteiger partial charge on any atom is -0.432 e. The Morgan fingerprint density at radius 2 is 1.60 bits per heavy atom. The standard InChI is InChI=1S/C20H31N2O12P/c1-12(2)32-19(25)27-10-30-35(31-11-28-20(26)33-13(3)4)29-9-15-6-7-16(34-15)22-8-14(5)17(23)21-18(22)24/h8,12-13,15-16H,6-7,9-11H2,1-5H3,(H,21,23,24). The van der Waals surface area contributed by atoms with Crippen LogP contribution < -0.4 is 11.2 Å². The summed E-state index contributed by atoms with van der Waals surface area (Å²) in [6, 6.07) is 0. The van der Waals surface area contributed by atoms with Gasteiger partial charge in [0.2, 0.25) is 13.6 Å². The van der Waals surface area contributed by atoms with Crippen molar-refractivity contribution in [3.8, 4) is 0 Å². The highest BCUT2D eigenvalue weighted by molar-refractivity contribution is 7.41. The number of carbonyl (C=O) groups excluding carboxylic acids is 2. The Balaban J connectivity index is 1.87. The minimum absolute atomic E-state index is 0.00612. The fourth-order valence-electron chi connectivity index (χ4n) is 2.76. The van der Waals surface area contributed by atoms with Gasteiger partial charge in [0.25, 0.3) is 5.56 Å². The maximum absolute atomic E-state index is 12.1. The molecule has 15 heteroatoms. The summed E-state index contributed by atoms with van der Waals surface area (Å²) in [4.78, 5) is 48.9. The second kappa shape index (κ2) is 14.1. The van der Waals surface area contributed by atoms with Gasteiger partial charge in [-0.15, -0.1) is 0 Å². The molecule has 1 aliphatic heterocycles. The summed E-state index contributed by atoms with van der Waals surface area (Å²) >= 11 is 0. The third kappa shape index (κ3) is 10.3. The molecule has 14 nitrogen and oxygen atoms in total. The van der Waals surface area contributed by atoms with Crippen LogP contribution in [0.25, 0.3) is 0 Å². The average Bonchev–Trinajstić information content (AvgIpc) is 3.22. The van der Waals surface area contributed by atoms with Gasteiger partial charge in [-0.1, -0.05) is 0 Å². The Labute approximate surface area is 202 Å². The van der Waals surface area contributed by atoms with Crippen LogP contribution in [0.15, 0.2) is 15.8 Å². The lowest BCUT2D eigenvalue weighted by molar-refractivity contribution is -0.0479. The van der Waals surface area contributed by atoms with Gasteiger partial charge in [0.15, 0.2) is 0 Å². The molecule has 0 bridgehead atoms. The fourth-order valence-corrected chi connectivity index (χ4v) is 3.55. The Bertz CT molecular complexity index is 919. The smallest absolute Gasteiger partial charge is 0.432 e. The molecule has 1 aromatic rings. The van der Waals surface area contributed by atoms with Gasteiger partial charge in [-0.3, -0.25) is 23.4 Å². The van der Waals surface area contributed by atoms with Crippen LogP contribution in [0.5, 0.6) is 0 Å². The predicted octanol–water partition coefficient (Wildman–Crippen LogP) is 2.84. The van der Waals surface area contributed by atoms with Crippen LogP contribution in [-0.2, 0) is 37.3 Å². The lowest BCUT2D eigenvalue weighted by atomic mass is 10.2. The van der Waals surface area contributed by atoms with Crippen molar-refractivity contribution in [2.75, 3.05) is 20.2 Å². The van der Waals surface area contributed by atoms with Crippen LogP contribution in [-0.4, -0.2) is 60.4 Å². The van der Waals surface area contributed by atoms with Gasteiger partial charge in [0, 0.05) is 11.8 Å². The Hall–Kier alpha value is -2.51. The molecular weight excluding hydrogens is 491 g/mol. The Morgan fingerprint density at radius 1 is 1.03 bits per heavy atom. The number of carbonyl (C=O) groups is 2. The first-order chi connectivity index (χ1) is 16.5. The number of nitrogens with zero attached hydrogens (tertiary/aromatic N) is 1. The summed E-state index contributed by atoms with van der Waals surface area (Å²) in [6.45, 7) is 7.16. The maximum atomic E-state index is 12.1. The van der Waals surface area contributed by atoms with Crippen LogP contribution in [0.3, 0.4) is 0 Å². The van der Waals surface area contributed by atoms with Crippen molar-refractivity contribution in [3.05, 3.63) is 32.6 Å². The van der Waals surface area contributed by atoms with Crippen molar-refractivity contribution in [1.82, 2.24) is 9.55 Å². The van der Waals surface area contributed by atoms with Crippen LogP contribution in [0, 0.1) is 6.92 Å². The van der Waals surface area contributed by atoms with Crippen molar-refractivity contribution < 1.29 is 46.8 Å². The van der Waals surface area contributed by atoms with E-state index in [4.69, 9.17) is 37.3 Å². The van der Waals surface area contributed by atoms with E-state index >= 15 is 0 Å². The normalized spacial score (nSPS) is 17.7. The van der Waals surface area contributed by atoms with Gasteiger partial charge >= 0.3 is 26.6 Å². The third-order valence-electron chi connectivity index (χ3n) is 4.24. The zero-order chi connectivity index (χ0) is 26.0. The molecule has 198 valence electrons. The zero-order valence-electron chi connectivity index (χ0n) is 20.2. The highest BCUT2D eigenvalue weighted by Gasteiger charge is 2.29. The molecule has 2 unspecified atom stereocenters. The van der Waals surface area contributed by atoms with Crippen molar-refractivity contribution in [3.63, 3.8) is 0 Å². The Kier molecular flexibility index (Phi) is 11.6. The monoisotopic (exact) mass is 522 g/mol. The van der Waals surface area contributed by atoms with Crippen molar-refractivity contribution in [1.29, 1.82) is 0 Å². The largest absolute Gasteiger partial charge is 0.510 e. The molecule has 1 saturated heterocycles. The van der Waals surface area contributed by atoms with E-state index in [-0.39, 0.29) is 18.8 Å². The molecule has 1 fully saturated rings. The van der Waals surface area contributed by atoms with E-state index in [2.05, 4.69) is 4.98 Å². The molecule has 2 atom stereocenters. The van der Waals surface area contributed by atoms with E-state index in [0.717, 1.165) is 0 Å². The van der Waals surface area contributed by atoms with Crippen molar-refractivity contribution in [2.45, 2.75) is 72.0 Å². The van der Waals surface area contributed by atoms with Gasteiger partial charge in [0.05, 0.1) is 24.9 Å². The van der Waals surface area contributed by atoms with E-state index in [9.17, 15) is 19.2 Å². The number of ether oxygens (including phenoxy) is 5. The quantitative estimate of drug-likeness (QED) is 0.243. The molecule has 35 heavy (non-hydrogen) atoms. The first-order valence-corrected chi connectivity index (χ1v) is 12.0. The minimum atomic E-state index is -2.12. The molecule has 2 heterocycles. The molecule has 0 radical (unpaired) electrons. The van der Waals surface area contributed by atoms with Crippen LogP contribution >= 0.6 is 8.60 Å². The van der Waals surface area contributed by atoms with Gasteiger partial charge < -0.3 is 28.2 Å². The lowest BCUT2D eigenvalue weighted by Crippen LogP contribution is -2.33. The van der Waals surface area contributed by atoms with E-state index in [1.54, 1.807) is 34.6 Å². The van der Waals surface area contributed by atoms with Crippen LogP contribution in [0.1, 0.15) is 52.3 Å². The molecule has 1 aromatic heterocycles. The molecule has 0 aliphatic carbocycles. The van der Waals surface area contributed by atoms with Gasteiger partial charge in [0.1, 0.15) is 6.23 Å². The molecule has 0 aromatic carbocycles. The van der Waals surface area contributed by atoms with Crippen molar-refractivity contribution >= 4 is 20.9 Å². The van der Waals surface area contributed by atoms with E-state index < -0.39 is 58.1 Å². The van der Waals surface area contributed by atoms with Gasteiger partial charge in [-0.25, -0.2) is 14.4 Å². The summed E-state index contributed by atoms with van der Waals surface area (Å²) in [6.07, 6.45) is -1.12. The molecule has 2 rings (SSSR count). The summed E-state index contributed by atoms with van der Waals surface area (Å²) in [7, 11) is -2.12. The van der Waals surface area contributed by atoms with E-state index in [0.29, 0.717) is 18.4 Å². The number of aryl methyl sites for hydroxylation is 1. The van der Waals surface area contributed by atoms with Crippen LogP contribution in [0.4, 0.5) is 9.59 Å². The second-order valence-corrected chi connectivity index (χ2v) is 9.13. The highest BCUT2D eigenvalue weighted by Crippen LogP contribution is 2.41. The lowest BCUT2D eigenvalue weighted by Gasteiger charge is -2.20.